The lowest BCUT2D eigenvalue weighted by Gasteiger charge is -2.30. The van der Waals surface area contributed by atoms with Gasteiger partial charge in [0.25, 0.3) is 5.91 Å². The molecule has 12 heteroatoms. The minimum atomic E-state index is -4.34. The fourth-order valence-electron chi connectivity index (χ4n) is 3.90. The summed E-state index contributed by atoms with van der Waals surface area (Å²) in [5.74, 6) is 0.259. The Hall–Kier alpha value is -2.53. The number of benzene rings is 2. The number of carbonyl (C=O) groups is 1. The highest BCUT2D eigenvalue weighted by Gasteiger charge is 2.38. The van der Waals surface area contributed by atoms with Crippen molar-refractivity contribution >= 4 is 58.2 Å². The molecule has 0 unspecified atom stereocenters. The maximum absolute atomic E-state index is 13.1. The second kappa shape index (κ2) is 8.92. The first-order chi connectivity index (χ1) is 16.2. The SMILES string of the molecule is O=C1c2cnc(Nc3ccc4c(c3)CCN(C(F)(F)F)C4)nc2SCN1c1c(Cl)cccc1Cl. The Morgan fingerprint density at radius 3 is 2.59 bits per heavy atom. The molecule has 1 amide bonds. The monoisotopic (exact) mass is 525 g/mol. The van der Waals surface area contributed by atoms with Crippen LogP contribution in [0.15, 0.2) is 47.6 Å². The highest BCUT2D eigenvalue weighted by Crippen LogP contribution is 2.39. The van der Waals surface area contributed by atoms with Crippen LogP contribution in [0.3, 0.4) is 0 Å². The lowest BCUT2D eigenvalue weighted by atomic mass is 9.99. The number of aromatic nitrogens is 2. The summed E-state index contributed by atoms with van der Waals surface area (Å²) < 4.78 is 38.9. The molecule has 176 valence electrons. The van der Waals surface area contributed by atoms with Crippen LogP contribution in [0.2, 0.25) is 10.0 Å². The molecule has 0 aliphatic carbocycles. The molecular formula is C22H16Cl2F3N5OS. The molecule has 1 aromatic heterocycles. The van der Waals surface area contributed by atoms with Crippen LogP contribution in [-0.4, -0.2) is 39.5 Å². The molecule has 6 nitrogen and oxygen atoms in total. The summed E-state index contributed by atoms with van der Waals surface area (Å²) in [5.41, 5.74) is 2.92. The number of hydrogen-bond donors (Lipinski definition) is 1. The molecule has 5 rings (SSSR count). The van der Waals surface area contributed by atoms with E-state index in [0.29, 0.717) is 48.9 Å². The Morgan fingerprint density at radius 1 is 1.09 bits per heavy atom. The molecule has 3 heterocycles. The second-order valence-electron chi connectivity index (χ2n) is 7.74. The Balaban J connectivity index is 1.34. The van der Waals surface area contributed by atoms with Crippen molar-refractivity contribution in [2.45, 2.75) is 24.3 Å². The highest BCUT2D eigenvalue weighted by atomic mass is 35.5. The summed E-state index contributed by atoms with van der Waals surface area (Å²) in [7, 11) is 0. The molecule has 2 aromatic carbocycles. The van der Waals surface area contributed by atoms with Crippen LogP contribution >= 0.6 is 35.0 Å². The number of nitrogens with one attached hydrogen (secondary N) is 1. The van der Waals surface area contributed by atoms with Crippen molar-refractivity contribution < 1.29 is 18.0 Å². The van der Waals surface area contributed by atoms with Crippen LogP contribution in [0.25, 0.3) is 0 Å². The third-order valence-electron chi connectivity index (χ3n) is 5.60. The van der Waals surface area contributed by atoms with Crippen LogP contribution in [0.4, 0.5) is 30.5 Å². The number of halogens is 5. The molecular weight excluding hydrogens is 510 g/mol. The minimum absolute atomic E-state index is 0.0833. The molecule has 0 fully saturated rings. The fraction of sp³-hybridized carbons (Fsp3) is 0.227. The minimum Gasteiger partial charge on any atom is -0.324 e. The molecule has 2 aliphatic rings. The van der Waals surface area contributed by atoms with Crippen LogP contribution in [0.5, 0.6) is 0 Å². The zero-order chi connectivity index (χ0) is 24.0. The van der Waals surface area contributed by atoms with Gasteiger partial charge in [0.15, 0.2) is 0 Å². The fourth-order valence-corrected chi connectivity index (χ4v) is 5.45. The number of anilines is 3. The van der Waals surface area contributed by atoms with Gasteiger partial charge in [-0.05, 0) is 41.8 Å². The summed E-state index contributed by atoms with van der Waals surface area (Å²) in [4.78, 5) is 23.8. The van der Waals surface area contributed by atoms with Crippen LogP contribution in [0, 0.1) is 0 Å². The van der Waals surface area contributed by atoms with Gasteiger partial charge in [0.05, 0.1) is 27.2 Å². The summed E-state index contributed by atoms with van der Waals surface area (Å²) in [6, 6.07) is 10.2. The van der Waals surface area contributed by atoms with Gasteiger partial charge in [-0.25, -0.2) is 14.9 Å². The molecule has 0 saturated heterocycles. The van der Waals surface area contributed by atoms with Crippen molar-refractivity contribution in [3.8, 4) is 0 Å². The van der Waals surface area contributed by atoms with E-state index >= 15 is 0 Å². The lowest BCUT2D eigenvalue weighted by molar-refractivity contribution is -0.250. The predicted molar refractivity (Wildman–Crippen MR) is 126 cm³/mol. The van der Waals surface area contributed by atoms with Gasteiger partial charge in [0, 0.05) is 25.0 Å². The van der Waals surface area contributed by atoms with E-state index in [1.807, 2.05) is 6.07 Å². The number of carbonyl (C=O) groups excluding carboxylic acids is 1. The second-order valence-corrected chi connectivity index (χ2v) is 9.49. The van der Waals surface area contributed by atoms with Crippen molar-refractivity contribution in [2.24, 2.45) is 0 Å². The Bertz CT molecular complexity index is 1270. The molecule has 1 N–H and O–H groups in total. The number of thioether (sulfide) groups is 1. The van der Waals surface area contributed by atoms with Gasteiger partial charge in [-0.15, -0.1) is 0 Å². The predicted octanol–water partition coefficient (Wildman–Crippen LogP) is 6.11. The molecule has 2 aliphatic heterocycles. The number of alkyl halides is 3. The van der Waals surface area contributed by atoms with E-state index in [1.54, 1.807) is 30.3 Å². The molecule has 0 radical (unpaired) electrons. The molecule has 0 spiro atoms. The largest absolute Gasteiger partial charge is 0.460 e. The molecule has 0 saturated carbocycles. The molecule has 34 heavy (non-hydrogen) atoms. The van der Waals surface area contributed by atoms with Gasteiger partial charge in [-0.1, -0.05) is 47.1 Å². The van der Waals surface area contributed by atoms with Gasteiger partial charge in [0.2, 0.25) is 5.95 Å². The number of nitrogens with zero attached hydrogens (tertiary/aromatic N) is 4. The van der Waals surface area contributed by atoms with E-state index in [0.717, 1.165) is 5.56 Å². The number of hydrogen-bond acceptors (Lipinski definition) is 6. The highest BCUT2D eigenvalue weighted by molar-refractivity contribution is 7.99. The number of fused-ring (bicyclic) bond motifs is 2. The van der Waals surface area contributed by atoms with Gasteiger partial charge >= 0.3 is 6.30 Å². The van der Waals surface area contributed by atoms with Gasteiger partial charge in [-0.2, -0.15) is 13.2 Å². The Morgan fingerprint density at radius 2 is 1.85 bits per heavy atom. The lowest BCUT2D eigenvalue weighted by Crippen LogP contribution is -2.41. The molecule has 0 atom stereocenters. The first-order valence-corrected chi connectivity index (χ1v) is 11.9. The molecule has 0 bridgehead atoms. The van der Waals surface area contributed by atoms with Crippen LogP contribution in [-0.2, 0) is 13.0 Å². The smallest absolute Gasteiger partial charge is 0.324 e. The third-order valence-corrected chi connectivity index (χ3v) is 7.18. The Kier molecular flexibility index (Phi) is 6.09. The zero-order valence-electron chi connectivity index (χ0n) is 17.4. The van der Waals surface area contributed by atoms with E-state index in [2.05, 4.69) is 15.3 Å². The topological polar surface area (TPSA) is 61.4 Å². The molecule has 3 aromatic rings. The summed E-state index contributed by atoms with van der Waals surface area (Å²) in [6.45, 7) is -0.251. The van der Waals surface area contributed by atoms with E-state index in [9.17, 15) is 18.0 Å². The van der Waals surface area contributed by atoms with Crippen molar-refractivity contribution in [1.82, 2.24) is 14.9 Å². The third kappa shape index (κ3) is 4.43. The van der Waals surface area contributed by atoms with Gasteiger partial charge < -0.3 is 5.32 Å². The quantitative estimate of drug-likeness (QED) is 0.328. The average molecular weight is 526 g/mol. The van der Waals surface area contributed by atoms with E-state index < -0.39 is 6.30 Å². The van der Waals surface area contributed by atoms with E-state index in [1.165, 1.54) is 22.9 Å². The maximum Gasteiger partial charge on any atom is 0.460 e. The first kappa shape index (κ1) is 23.2. The summed E-state index contributed by atoms with van der Waals surface area (Å²) >= 11 is 13.9. The van der Waals surface area contributed by atoms with Crippen molar-refractivity contribution in [3.63, 3.8) is 0 Å². The summed E-state index contributed by atoms with van der Waals surface area (Å²) in [6.07, 6.45) is -2.61. The van der Waals surface area contributed by atoms with E-state index in [-0.39, 0.29) is 30.8 Å². The van der Waals surface area contributed by atoms with Crippen LogP contribution in [0.1, 0.15) is 21.5 Å². The standard InChI is InChI=1S/C22H16Cl2F3N5OS/c23-16-2-1-3-17(24)18(16)32-11-34-19-15(20(32)33)9-28-21(30-19)29-14-5-4-13-10-31(22(25,26)27)7-6-12(13)8-14/h1-5,8-9H,6-7,10-11H2,(H,28,29,30). The maximum atomic E-state index is 13.1. The Labute approximate surface area is 207 Å². The van der Waals surface area contributed by atoms with Crippen molar-refractivity contribution in [1.29, 1.82) is 0 Å². The average Bonchev–Trinajstić information content (AvgIpc) is 2.79. The van der Waals surface area contributed by atoms with Crippen LogP contribution < -0.4 is 10.2 Å². The van der Waals surface area contributed by atoms with E-state index in [4.69, 9.17) is 23.2 Å². The number of amides is 1. The summed E-state index contributed by atoms with van der Waals surface area (Å²) in [5, 5.41) is 4.34. The van der Waals surface area contributed by atoms with Crippen molar-refractivity contribution in [3.05, 3.63) is 69.3 Å². The first-order valence-electron chi connectivity index (χ1n) is 10.2. The van der Waals surface area contributed by atoms with Gasteiger partial charge in [-0.3, -0.25) is 9.69 Å². The zero-order valence-corrected chi connectivity index (χ0v) is 19.7. The number of para-hydroxylation sites is 1. The number of rotatable bonds is 3. The normalized spacial score (nSPS) is 16.3. The van der Waals surface area contributed by atoms with Crippen molar-refractivity contribution in [2.75, 3.05) is 22.6 Å². The van der Waals surface area contributed by atoms with Gasteiger partial charge in [0.1, 0.15) is 5.03 Å².